The third-order valence-corrected chi connectivity index (χ3v) is 7.78. The molecular formula is C33H32N4O2. The molecule has 0 bridgehead atoms. The number of anilines is 2. The molecule has 2 heterocycles. The van der Waals surface area contributed by atoms with Crippen molar-refractivity contribution in [2.24, 2.45) is 5.73 Å². The first kappa shape index (κ1) is 25.0. The molecule has 2 amide bonds. The molecule has 1 fully saturated rings. The van der Waals surface area contributed by atoms with E-state index in [-0.39, 0.29) is 23.9 Å². The lowest BCUT2D eigenvalue weighted by atomic mass is 9.98. The van der Waals surface area contributed by atoms with Gasteiger partial charge in [-0.15, -0.1) is 0 Å². The van der Waals surface area contributed by atoms with Gasteiger partial charge in [0.1, 0.15) is 0 Å². The highest BCUT2D eigenvalue weighted by Gasteiger charge is 2.36. The molecule has 0 aromatic heterocycles. The first-order valence-corrected chi connectivity index (χ1v) is 13.4. The highest BCUT2D eigenvalue weighted by Crippen LogP contribution is 2.32. The van der Waals surface area contributed by atoms with Crippen molar-refractivity contribution in [3.8, 4) is 11.1 Å². The third-order valence-electron chi connectivity index (χ3n) is 7.78. The minimum atomic E-state index is -0.190. The van der Waals surface area contributed by atoms with E-state index in [2.05, 4.69) is 16.3 Å². The normalized spacial score (nSPS) is 18.7. The van der Waals surface area contributed by atoms with Crippen LogP contribution in [0.4, 0.5) is 11.4 Å². The quantitative estimate of drug-likeness (QED) is 0.377. The third kappa shape index (κ3) is 5.09. The van der Waals surface area contributed by atoms with E-state index < -0.39 is 0 Å². The summed E-state index contributed by atoms with van der Waals surface area (Å²) in [6, 6.07) is 31.4. The topological polar surface area (TPSA) is 78.7 Å². The van der Waals surface area contributed by atoms with E-state index in [9.17, 15) is 9.59 Å². The molecule has 6 nitrogen and oxygen atoms in total. The molecule has 39 heavy (non-hydrogen) atoms. The summed E-state index contributed by atoms with van der Waals surface area (Å²) in [4.78, 5) is 31.3. The van der Waals surface area contributed by atoms with Gasteiger partial charge in [0.2, 0.25) is 0 Å². The Morgan fingerprint density at radius 2 is 1.56 bits per heavy atom. The van der Waals surface area contributed by atoms with Crippen LogP contribution in [0.3, 0.4) is 0 Å². The molecule has 0 aliphatic carbocycles. The van der Waals surface area contributed by atoms with Crippen LogP contribution in [0.15, 0.2) is 97.1 Å². The number of carbonyl (C=O) groups is 2. The predicted molar refractivity (Wildman–Crippen MR) is 156 cm³/mol. The lowest BCUT2D eigenvalue weighted by Crippen LogP contribution is -2.40. The molecule has 2 atom stereocenters. The van der Waals surface area contributed by atoms with Gasteiger partial charge in [-0.05, 0) is 66.4 Å². The van der Waals surface area contributed by atoms with Crippen LogP contribution in [-0.2, 0) is 6.54 Å². The molecule has 2 aliphatic rings. The zero-order chi connectivity index (χ0) is 26.9. The van der Waals surface area contributed by atoms with Crippen molar-refractivity contribution in [1.82, 2.24) is 4.90 Å². The minimum Gasteiger partial charge on any atom is -0.326 e. The zero-order valence-corrected chi connectivity index (χ0v) is 22.0. The van der Waals surface area contributed by atoms with Crippen LogP contribution in [0.1, 0.15) is 38.3 Å². The number of para-hydroxylation sites is 1. The smallest absolute Gasteiger partial charge is 0.258 e. The number of hydrogen-bond donors (Lipinski definition) is 2. The fourth-order valence-corrected chi connectivity index (χ4v) is 5.75. The van der Waals surface area contributed by atoms with E-state index in [1.54, 1.807) is 24.3 Å². The van der Waals surface area contributed by atoms with E-state index in [1.807, 2.05) is 78.6 Å². The zero-order valence-electron chi connectivity index (χ0n) is 22.0. The number of nitrogens with one attached hydrogen (secondary N) is 1. The number of fused-ring (bicyclic) bond motifs is 2. The summed E-state index contributed by atoms with van der Waals surface area (Å²) in [6.45, 7) is 4.30. The van der Waals surface area contributed by atoms with E-state index in [4.69, 9.17) is 5.73 Å². The summed E-state index contributed by atoms with van der Waals surface area (Å²) in [5.74, 6) is -0.239. The van der Waals surface area contributed by atoms with Gasteiger partial charge in [0.05, 0.1) is 0 Å². The second kappa shape index (κ2) is 10.5. The van der Waals surface area contributed by atoms with Crippen LogP contribution in [0, 0.1) is 6.92 Å². The van der Waals surface area contributed by atoms with Gasteiger partial charge >= 0.3 is 0 Å². The molecule has 0 spiro atoms. The van der Waals surface area contributed by atoms with Crippen molar-refractivity contribution in [2.45, 2.75) is 32.0 Å². The molecule has 0 radical (unpaired) electrons. The molecule has 4 aromatic carbocycles. The Morgan fingerprint density at radius 3 is 2.36 bits per heavy atom. The van der Waals surface area contributed by atoms with Gasteiger partial charge in [-0.25, -0.2) is 0 Å². The van der Waals surface area contributed by atoms with Gasteiger partial charge in [0, 0.05) is 54.2 Å². The Morgan fingerprint density at radius 1 is 0.846 bits per heavy atom. The van der Waals surface area contributed by atoms with E-state index in [0.29, 0.717) is 23.4 Å². The van der Waals surface area contributed by atoms with Crippen molar-refractivity contribution in [3.05, 3.63) is 119 Å². The molecule has 0 unspecified atom stereocenters. The van der Waals surface area contributed by atoms with Crippen LogP contribution in [-0.4, -0.2) is 41.9 Å². The number of nitrogens with two attached hydrogens (primary N) is 1. The van der Waals surface area contributed by atoms with Crippen LogP contribution in [0.2, 0.25) is 0 Å². The van der Waals surface area contributed by atoms with Crippen LogP contribution < -0.4 is 16.0 Å². The Bertz CT molecular complexity index is 1510. The number of carbonyl (C=O) groups excluding carboxylic acids is 2. The number of benzene rings is 4. The molecule has 196 valence electrons. The van der Waals surface area contributed by atoms with E-state index in [1.165, 1.54) is 5.56 Å². The summed E-state index contributed by atoms with van der Waals surface area (Å²) >= 11 is 0. The number of aryl methyl sites for hydroxylation is 1. The van der Waals surface area contributed by atoms with Crippen molar-refractivity contribution in [1.29, 1.82) is 0 Å². The van der Waals surface area contributed by atoms with Crippen LogP contribution in [0.5, 0.6) is 0 Å². The standard InChI is InChI=1S/C33H32N4O2/c1-22-10-12-23(13-11-22)29-7-3-4-8-30(29)32(38)35-27-16-14-24(15-17-27)33(39)37-21-28-18-26(34)20-36(28)19-25-6-2-5-9-31(25)37/h2-17,26,28H,18-21,34H2,1H3,(H,35,38)/t26-,28-/m1/s1. The summed E-state index contributed by atoms with van der Waals surface area (Å²) in [5.41, 5.74) is 13.2. The second-order valence-electron chi connectivity index (χ2n) is 10.6. The Balaban J connectivity index is 1.21. The van der Waals surface area contributed by atoms with Crippen LogP contribution >= 0.6 is 0 Å². The van der Waals surface area contributed by atoms with Crippen molar-refractivity contribution in [2.75, 3.05) is 23.3 Å². The number of nitrogens with zero attached hydrogens (tertiary/aromatic N) is 2. The molecule has 3 N–H and O–H groups in total. The molecule has 1 saturated heterocycles. The van der Waals surface area contributed by atoms with Crippen molar-refractivity contribution >= 4 is 23.2 Å². The maximum absolute atomic E-state index is 13.8. The van der Waals surface area contributed by atoms with Gasteiger partial charge in [-0.1, -0.05) is 66.2 Å². The summed E-state index contributed by atoms with van der Waals surface area (Å²) in [7, 11) is 0. The van der Waals surface area contributed by atoms with Crippen molar-refractivity contribution < 1.29 is 9.59 Å². The first-order chi connectivity index (χ1) is 19.0. The van der Waals surface area contributed by atoms with Crippen molar-refractivity contribution in [3.63, 3.8) is 0 Å². The molecule has 6 heteroatoms. The predicted octanol–water partition coefficient (Wildman–Crippen LogP) is 5.48. The summed E-state index contributed by atoms with van der Waals surface area (Å²) in [6.07, 6.45) is 0.882. The van der Waals surface area contributed by atoms with Gasteiger partial charge < -0.3 is 16.0 Å². The lowest BCUT2D eigenvalue weighted by Gasteiger charge is -2.26. The van der Waals surface area contributed by atoms with Gasteiger partial charge in [0.25, 0.3) is 11.8 Å². The van der Waals surface area contributed by atoms with Crippen LogP contribution in [0.25, 0.3) is 11.1 Å². The fraction of sp³-hybridized carbons (Fsp3) is 0.212. The van der Waals surface area contributed by atoms with E-state index >= 15 is 0 Å². The molecule has 4 aromatic rings. The number of rotatable bonds is 4. The maximum atomic E-state index is 13.8. The highest BCUT2D eigenvalue weighted by atomic mass is 16.2. The number of amides is 2. The van der Waals surface area contributed by atoms with Gasteiger partial charge in [0.15, 0.2) is 0 Å². The fourth-order valence-electron chi connectivity index (χ4n) is 5.75. The highest BCUT2D eigenvalue weighted by molar-refractivity contribution is 6.10. The second-order valence-corrected chi connectivity index (χ2v) is 10.6. The number of hydrogen-bond acceptors (Lipinski definition) is 4. The summed E-state index contributed by atoms with van der Waals surface area (Å²) < 4.78 is 0. The largest absolute Gasteiger partial charge is 0.326 e. The molecule has 2 aliphatic heterocycles. The maximum Gasteiger partial charge on any atom is 0.258 e. The monoisotopic (exact) mass is 516 g/mol. The Labute approximate surface area is 229 Å². The lowest BCUT2D eigenvalue weighted by molar-refractivity contribution is 0.0980. The average Bonchev–Trinajstić information content (AvgIpc) is 3.23. The van der Waals surface area contributed by atoms with Gasteiger partial charge in [-0.3, -0.25) is 14.5 Å². The van der Waals surface area contributed by atoms with E-state index in [0.717, 1.165) is 41.9 Å². The summed E-state index contributed by atoms with van der Waals surface area (Å²) in [5, 5.41) is 3.00. The first-order valence-electron chi connectivity index (χ1n) is 13.4. The van der Waals surface area contributed by atoms with Gasteiger partial charge in [-0.2, -0.15) is 0 Å². The molecule has 6 rings (SSSR count). The average molecular weight is 517 g/mol. The molecule has 0 saturated carbocycles. The Hall–Kier alpha value is -4.26. The minimum absolute atomic E-state index is 0.0487. The SMILES string of the molecule is Cc1ccc(-c2ccccc2C(=O)Nc2ccc(C(=O)N3C[C@H]4C[C@@H](N)CN4Cc4ccccc43)cc2)cc1. The molecular weight excluding hydrogens is 484 g/mol. The Kier molecular flexibility index (Phi) is 6.73.